The molecule has 0 spiro atoms. The Morgan fingerprint density at radius 3 is 2.73 bits per heavy atom. The summed E-state index contributed by atoms with van der Waals surface area (Å²) in [5.74, 6) is -3.34. The number of esters is 2. The second-order valence-electron chi connectivity index (χ2n) is 8.13. The van der Waals surface area contributed by atoms with Crippen LogP contribution in [0, 0.1) is 11.6 Å². The summed E-state index contributed by atoms with van der Waals surface area (Å²) in [5, 5.41) is 0.406. The van der Waals surface area contributed by atoms with Crippen molar-refractivity contribution < 1.29 is 27.8 Å². The Kier molecular flexibility index (Phi) is 4.78. The van der Waals surface area contributed by atoms with Gasteiger partial charge in [-0.1, -0.05) is 6.92 Å². The first-order chi connectivity index (χ1) is 15.8. The number of nitrogens with zero attached hydrogens (tertiary/aromatic N) is 2. The van der Waals surface area contributed by atoms with Gasteiger partial charge in [-0.05, 0) is 24.6 Å². The number of carbonyl (C=O) groups excluding carboxylic acids is 2. The molecule has 2 aliphatic heterocycles. The van der Waals surface area contributed by atoms with Crippen molar-refractivity contribution in [3.63, 3.8) is 0 Å². The first kappa shape index (κ1) is 21.2. The maximum atomic E-state index is 13.8. The molecule has 0 amide bonds. The number of cyclic esters (lactones) is 1. The van der Waals surface area contributed by atoms with E-state index < -0.39 is 41.3 Å². The molecule has 0 saturated carbocycles. The minimum atomic E-state index is -1.43. The summed E-state index contributed by atoms with van der Waals surface area (Å²) in [6.45, 7) is 1.23. The van der Waals surface area contributed by atoms with Gasteiger partial charge < -0.3 is 19.8 Å². The van der Waals surface area contributed by atoms with Gasteiger partial charge in [-0.3, -0.25) is 14.4 Å². The van der Waals surface area contributed by atoms with Crippen LogP contribution in [0.4, 0.5) is 8.78 Å². The fraction of sp³-hybridized carbons (Fsp3) is 0.304. The number of nitrogens with two attached hydrogens (primary N) is 1. The van der Waals surface area contributed by atoms with Crippen molar-refractivity contribution in [3.8, 4) is 11.4 Å². The molecule has 1 aromatic carbocycles. The van der Waals surface area contributed by atoms with E-state index in [2.05, 4.69) is 4.98 Å². The Bertz CT molecular complexity index is 1420. The molecule has 1 atom stereocenters. The minimum absolute atomic E-state index is 0.161. The molecule has 0 fully saturated rings. The van der Waals surface area contributed by atoms with Gasteiger partial charge >= 0.3 is 11.9 Å². The normalized spacial score (nSPS) is 18.8. The summed E-state index contributed by atoms with van der Waals surface area (Å²) in [7, 11) is 0. The zero-order chi connectivity index (χ0) is 23.5. The van der Waals surface area contributed by atoms with Gasteiger partial charge in [0.05, 0.1) is 42.0 Å². The van der Waals surface area contributed by atoms with Crippen molar-refractivity contribution in [3.05, 3.63) is 62.9 Å². The van der Waals surface area contributed by atoms with E-state index in [0.29, 0.717) is 27.9 Å². The van der Waals surface area contributed by atoms with Crippen LogP contribution in [0.25, 0.3) is 22.3 Å². The van der Waals surface area contributed by atoms with Gasteiger partial charge in [0.25, 0.3) is 5.56 Å². The average Bonchev–Trinajstić information content (AvgIpc) is 3.07. The lowest BCUT2D eigenvalue weighted by Crippen LogP contribution is -2.38. The van der Waals surface area contributed by atoms with E-state index in [4.69, 9.17) is 15.2 Å². The molecule has 2 aliphatic rings. The van der Waals surface area contributed by atoms with E-state index in [0.717, 1.165) is 12.1 Å². The summed E-state index contributed by atoms with van der Waals surface area (Å²) in [4.78, 5) is 42.4. The molecule has 5 rings (SSSR count). The van der Waals surface area contributed by atoms with Crippen LogP contribution < -0.4 is 11.3 Å². The molecule has 3 aromatic rings. The molecule has 170 valence electrons. The molecule has 2 aromatic heterocycles. The number of hydrogen-bond donors (Lipinski definition) is 1. The van der Waals surface area contributed by atoms with E-state index in [1.54, 1.807) is 19.1 Å². The van der Waals surface area contributed by atoms with Gasteiger partial charge in [0.1, 0.15) is 12.2 Å². The smallest absolute Gasteiger partial charge is 0.320 e. The van der Waals surface area contributed by atoms with Gasteiger partial charge in [0.2, 0.25) is 0 Å². The van der Waals surface area contributed by atoms with Crippen LogP contribution >= 0.6 is 0 Å². The highest BCUT2D eigenvalue weighted by atomic mass is 19.2. The van der Waals surface area contributed by atoms with Crippen LogP contribution in [0.2, 0.25) is 0 Å². The predicted octanol–water partition coefficient (Wildman–Crippen LogP) is 2.26. The number of aromatic nitrogens is 2. The van der Waals surface area contributed by atoms with Crippen LogP contribution in [0.15, 0.2) is 29.1 Å². The monoisotopic (exact) mass is 455 g/mol. The third-order valence-corrected chi connectivity index (χ3v) is 6.25. The van der Waals surface area contributed by atoms with Crippen molar-refractivity contribution in [2.24, 2.45) is 5.73 Å². The topological polar surface area (TPSA) is 114 Å². The number of halogens is 2. The second-order valence-corrected chi connectivity index (χ2v) is 8.13. The molecule has 4 heterocycles. The fourth-order valence-corrected chi connectivity index (χ4v) is 4.58. The van der Waals surface area contributed by atoms with E-state index in [1.807, 2.05) is 0 Å². The van der Waals surface area contributed by atoms with Crippen LogP contribution in [0.3, 0.4) is 0 Å². The Morgan fingerprint density at radius 2 is 2.00 bits per heavy atom. The molecule has 8 nitrogen and oxygen atoms in total. The number of ether oxygens (including phenoxy) is 2. The summed E-state index contributed by atoms with van der Waals surface area (Å²) >= 11 is 0. The van der Waals surface area contributed by atoms with Crippen molar-refractivity contribution in [1.29, 1.82) is 0 Å². The highest BCUT2D eigenvalue weighted by Gasteiger charge is 2.44. The van der Waals surface area contributed by atoms with E-state index in [1.165, 1.54) is 4.57 Å². The molecule has 0 radical (unpaired) electrons. The molecule has 0 bridgehead atoms. The first-order valence-electron chi connectivity index (χ1n) is 10.4. The SMILES string of the molecule is CC[C@@]1(OC(=O)CN)CC(=O)OCc2c1cc1n(c2=O)Cc2cc3cc(F)c(F)cc3nc2-1. The largest absolute Gasteiger partial charge is 0.460 e. The maximum Gasteiger partial charge on any atom is 0.320 e. The zero-order valence-electron chi connectivity index (χ0n) is 17.6. The quantitative estimate of drug-likeness (QED) is 0.472. The predicted molar refractivity (Wildman–Crippen MR) is 112 cm³/mol. The lowest BCUT2D eigenvalue weighted by atomic mass is 9.85. The second kappa shape index (κ2) is 7.45. The Morgan fingerprint density at radius 1 is 1.24 bits per heavy atom. The summed E-state index contributed by atoms with van der Waals surface area (Å²) < 4.78 is 39.8. The third kappa shape index (κ3) is 3.20. The van der Waals surface area contributed by atoms with Gasteiger partial charge in [0, 0.05) is 22.6 Å². The van der Waals surface area contributed by atoms with Crippen molar-refractivity contribution >= 4 is 22.8 Å². The highest BCUT2D eigenvalue weighted by Crippen LogP contribution is 2.41. The molecular formula is C23H19F2N3O5. The summed E-state index contributed by atoms with van der Waals surface area (Å²) in [6.07, 6.45) is -0.0696. The fourth-order valence-electron chi connectivity index (χ4n) is 4.58. The lowest BCUT2D eigenvalue weighted by Gasteiger charge is -2.32. The average molecular weight is 455 g/mol. The van der Waals surface area contributed by atoms with Crippen LogP contribution in [0.5, 0.6) is 0 Å². The summed E-state index contributed by atoms with van der Waals surface area (Å²) in [6, 6.07) is 5.39. The summed E-state index contributed by atoms with van der Waals surface area (Å²) in [5.41, 5.74) is 5.89. The number of hydrogen-bond acceptors (Lipinski definition) is 7. The molecule has 2 N–H and O–H groups in total. The highest BCUT2D eigenvalue weighted by molar-refractivity contribution is 5.84. The first-order valence-corrected chi connectivity index (χ1v) is 10.4. The van der Waals surface area contributed by atoms with Gasteiger partial charge in [0.15, 0.2) is 11.6 Å². The van der Waals surface area contributed by atoms with Crippen molar-refractivity contribution in [2.45, 2.75) is 38.5 Å². The molecule has 0 saturated heterocycles. The minimum Gasteiger partial charge on any atom is -0.460 e. The number of pyridine rings is 2. The van der Waals surface area contributed by atoms with Gasteiger partial charge in [-0.2, -0.15) is 0 Å². The van der Waals surface area contributed by atoms with Crippen molar-refractivity contribution in [2.75, 3.05) is 6.54 Å². The molecule has 0 unspecified atom stereocenters. The van der Waals surface area contributed by atoms with Crippen LogP contribution in [-0.2, 0) is 37.8 Å². The van der Waals surface area contributed by atoms with Crippen molar-refractivity contribution in [1.82, 2.24) is 9.55 Å². The van der Waals surface area contributed by atoms with E-state index in [-0.39, 0.29) is 37.1 Å². The molecule has 10 heteroatoms. The Balaban J connectivity index is 1.76. The molecular weight excluding hydrogens is 436 g/mol. The van der Waals surface area contributed by atoms with E-state index in [9.17, 15) is 23.2 Å². The Hall–Kier alpha value is -3.66. The number of benzene rings is 1. The molecule has 0 aliphatic carbocycles. The van der Waals surface area contributed by atoms with Gasteiger partial charge in [-0.15, -0.1) is 0 Å². The number of fused-ring (bicyclic) bond motifs is 5. The number of carbonyl (C=O) groups is 2. The number of rotatable bonds is 3. The standard InChI is InChI=1S/C23H19F2N3O5/c1-2-23(33-20(30)8-26)7-19(29)32-10-13-14(23)5-18-21-12(9-28(18)22(13)31)3-11-4-15(24)16(25)6-17(11)27-21/h3-6H,2,7-10,26H2,1H3/t23-/m1/s1. The zero-order valence-corrected chi connectivity index (χ0v) is 17.6. The third-order valence-electron chi connectivity index (χ3n) is 6.25. The van der Waals surface area contributed by atoms with Crippen LogP contribution in [0.1, 0.15) is 36.5 Å². The lowest BCUT2D eigenvalue weighted by molar-refractivity contribution is -0.166. The Labute approximate surface area is 185 Å². The van der Waals surface area contributed by atoms with E-state index >= 15 is 0 Å². The maximum absolute atomic E-state index is 13.8. The van der Waals surface area contributed by atoms with Gasteiger partial charge in [-0.25, -0.2) is 13.8 Å². The van der Waals surface area contributed by atoms with Crippen LogP contribution in [-0.4, -0.2) is 28.0 Å². The molecule has 33 heavy (non-hydrogen) atoms.